The number of nitrogens with one attached hydrogen (secondary N) is 2. The molecule has 0 aliphatic rings. The molecule has 6 nitrogen and oxygen atoms in total. The third kappa shape index (κ3) is 11.0. The molecule has 4 unspecified atom stereocenters. The Hall–Kier alpha value is -8.94. The van der Waals surface area contributed by atoms with E-state index >= 15 is 9.59 Å². The van der Waals surface area contributed by atoms with Gasteiger partial charge in [-0.15, -0.1) is 0 Å². The Bertz CT molecular complexity index is 4050. The second-order valence-corrected chi connectivity index (χ2v) is 23.1. The first-order valence-corrected chi connectivity index (χ1v) is 29.4. The van der Waals surface area contributed by atoms with Crippen molar-refractivity contribution in [1.82, 2.24) is 10.6 Å². The molecule has 6 heteroatoms. The van der Waals surface area contributed by atoms with Gasteiger partial charge < -0.3 is 20.8 Å². The van der Waals surface area contributed by atoms with Crippen molar-refractivity contribution >= 4 is 76.4 Å². The third-order valence-electron chi connectivity index (χ3n) is 17.5. The minimum Gasteiger partial charge on any atom is -0.387 e. The number of hydrogen-bond donors (Lipinski definition) is 4. The molecule has 4 atom stereocenters. The van der Waals surface area contributed by atoms with Crippen molar-refractivity contribution in [3.8, 4) is 0 Å². The minimum atomic E-state index is -1.64. The molecule has 0 bridgehead atoms. The number of fused-ring (bicyclic) bond motifs is 6. The smallest absolute Gasteiger partial charge is 0.235 e. The van der Waals surface area contributed by atoms with Gasteiger partial charge in [-0.3, -0.25) is 9.59 Å². The first kappa shape index (κ1) is 54.6. The van der Waals surface area contributed by atoms with Gasteiger partial charge in [0.2, 0.25) is 11.8 Å². The summed E-state index contributed by atoms with van der Waals surface area (Å²) in [5, 5.41) is 47.5. The number of amides is 2. The van der Waals surface area contributed by atoms with E-state index in [0.717, 1.165) is 98.0 Å². The number of carbonyl (C=O) groups is 2. The molecule has 0 radical (unpaired) electrons. The van der Waals surface area contributed by atoms with E-state index in [1.165, 1.54) is 0 Å². The molecule has 0 aliphatic carbocycles. The van der Waals surface area contributed by atoms with Crippen LogP contribution >= 0.6 is 0 Å². The van der Waals surface area contributed by atoms with Gasteiger partial charge in [-0.1, -0.05) is 281 Å². The van der Waals surface area contributed by atoms with Gasteiger partial charge in [0.25, 0.3) is 0 Å². The molecule has 0 fully saturated rings. The molecule has 0 spiro atoms. The molecule has 12 aromatic rings. The van der Waals surface area contributed by atoms with Crippen LogP contribution in [0.25, 0.3) is 64.6 Å². The molecule has 0 heterocycles. The third-order valence-corrected chi connectivity index (χ3v) is 17.5. The number of rotatable bonds is 20. The summed E-state index contributed by atoms with van der Waals surface area (Å²) in [6, 6.07) is 87.4. The SMILES string of the molecule is CCCC(CCC)(C(=O)NCC(O)(Cc1ccc2ccccc2c1)C(c1ccc2ccccc2c1)c1cccc2ccccc12)C(=O)NCC(O)(Cc1ccc2ccccc2c1)C(c1ccc2ccccc2c1)c1cccc2ccccc12. The Morgan fingerprint density at radius 2 is 0.675 bits per heavy atom. The predicted octanol–water partition coefficient (Wildman–Crippen LogP) is 16.3. The maximum atomic E-state index is 15.9. The van der Waals surface area contributed by atoms with Gasteiger partial charge in [0.1, 0.15) is 5.41 Å². The monoisotopic (exact) mass is 1090 g/mol. The van der Waals surface area contributed by atoms with Gasteiger partial charge in [-0.05, 0) is 111 Å². The van der Waals surface area contributed by atoms with Crippen LogP contribution in [0.3, 0.4) is 0 Å². The summed E-state index contributed by atoms with van der Waals surface area (Å²) in [4.78, 5) is 31.8. The van der Waals surface area contributed by atoms with E-state index in [1.807, 2.05) is 98.8 Å². The van der Waals surface area contributed by atoms with Crippen LogP contribution in [-0.2, 0) is 22.4 Å². The molecule has 0 saturated heterocycles. The lowest BCUT2D eigenvalue weighted by Gasteiger charge is -2.41. The van der Waals surface area contributed by atoms with Crippen LogP contribution in [-0.4, -0.2) is 46.3 Å². The zero-order valence-corrected chi connectivity index (χ0v) is 47.3. The fraction of sp³-hybridized carbons (Fsp3) is 0.195. The standard InChI is InChI=1S/C77H70N2O4/c1-3-43-75(44-4-2,73(80)78-51-76(82,49-53-35-37-55-19-5-9-25-61(55)45-53)71(65-41-39-57-21-7-11-27-63(57)47-65)69-33-17-29-59-23-13-15-31-67(59)69)74(81)79-52-77(83,50-54-36-38-56-20-6-10-26-62(56)46-54)72(66-42-40-58-22-8-12-28-64(58)48-66)70-34-18-30-60-24-14-16-32-68(60)70/h5-42,45-48,71-72,82-83H,3-4,43-44,49-52H2,1-2H3,(H,78,80)(H,79,81). The first-order valence-electron chi connectivity index (χ1n) is 29.4. The number of hydrogen-bond acceptors (Lipinski definition) is 4. The molecular weight excluding hydrogens is 1020 g/mol. The summed E-state index contributed by atoms with van der Waals surface area (Å²) in [5.41, 5.74) is 0.648. The van der Waals surface area contributed by atoms with Crippen molar-refractivity contribution in [2.24, 2.45) is 5.41 Å². The van der Waals surface area contributed by atoms with Crippen molar-refractivity contribution in [1.29, 1.82) is 0 Å². The molecule has 0 saturated carbocycles. The van der Waals surface area contributed by atoms with Gasteiger partial charge in [0, 0.05) is 37.8 Å². The van der Waals surface area contributed by atoms with Crippen LogP contribution in [0.5, 0.6) is 0 Å². The fourth-order valence-corrected chi connectivity index (χ4v) is 13.6. The topological polar surface area (TPSA) is 98.7 Å². The molecule has 12 rings (SSSR count). The van der Waals surface area contributed by atoms with Gasteiger partial charge in [-0.25, -0.2) is 0 Å². The maximum absolute atomic E-state index is 15.9. The summed E-state index contributed by atoms with van der Waals surface area (Å²) in [6.45, 7) is 3.67. The van der Waals surface area contributed by atoms with Crippen LogP contribution in [0, 0.1) is 5.41 Å². The highest BCUT2D eigenvalue weighted by atomic mass is 16.3. The Balaban J connectivity index is 0.952. The van der Waals surface area contributed by atoms with Gasteiger partial charge >= 0.3 is 0 Å². The van der Waals surface area contributed by atoms with Crippen LogP contribution in [0.1, 0.15) is 84.7 Å². The van der Waals surface area contributed by atoms with E-state index in [-0.39, 0.29) is 38.8 Å². The van der Waals surface area contributed by atoms with Crippen molar-refractivity contribution in [3.63, 3.8) is 0 Å². The summed E-state index contributed by atoms with van der Waals surface area (Å²) >= 11 is 0. The largest absolute Gasteiger partial charge is 0.387 e. The molecule has 0 aromatic heterocycles. The van der Waals surface area contributed by atoms with E-state index in [9.17, 15) is 10.2 Å². The Morgan fingerprint density at radius 3 is 1.05 bits per heavy atom. The summed E-state index contributed by atoms with van der Waals surface area (Å²) < 4.78 is 0. The molecule has 4 N–H and O–H groups in total. The van der Waals surface area contributed by atoms with Crippen LogP contribution < -0.4 is 10.6 Å². The van der Waals surface area contributed by atoms with Crippen LogP contribution in [0.15, 0.2) is 255 Å². The maximum Gasteiger partial charge on any atom is 0.235 e. The van der Waals surface area contributed by atoms with E-state index in [0.29, 0.717) is 12.8 Å². The highest BCUT2D eigenvalue weighted by molar-refractivity contribution is 6.05. The zero-order chi connectivity index (χ0) is 57.0. The van der Waals surface area contributed by atoms with Crippen molar-refractivity contribution in [2.75, 3.05) is 13.1 Å². The lowest BCUT2D eigenvalue weighted by Crippen LogP contribution is -2.58. The average Bonchev–Trinajstić information content (AvgIpc) is 3.68. The lowest BCUT2D eigenvalue weighted by molar-refractivity contribution is -0.146. The number of aliphatic hydroxyl groups is 2. The number of carbonyl (C=O) groups excluding carboxylic acids is 2. The molecule has 12 aromatic carbocycles. The Labute approximate surface area is 486 Å². The zero-order valence-electron chi connectivity index (χ0n) is 47.3. The molecular formula is C77H70N2O4. The molecule has 2 amide bonds. The minimum absolute atomic E-state index is 0.168. The molecule has 83 heavy (non-hydrogen) atoms. The quantitative estimate of drug-likeness (QED) is 0.0572. The van der Waals surface area contributed by atoms with Crippen LogP contribution in [0.4, 0.5) is 0 Å². The highest BCUT2D eigenvalue weighted by Gasteiger charge is 2.48. The number of benzene rings is 12. The highest BCUT2D eigenvalue weighted by Crippen LogP contribution is 2.45. The predicted molar refractivity (Wildman–Crippen MR) is 343 cm³/mol. The van der Waals surface area contributed by atoms with Crippen LogP contribution in [0.2, 0.25) is 0 Å². The second-order valence-electron chi connectivity index (χ2n) is 23.1. The van der Waals surface area contributed by atoms with E-state index in [2.05, 4.69) is 180 Å². The molecule has 412 valence electrons. The van der Waals surface area contributed by atoms with Crippen molar-refractivity contribution in [3.05, 3.63) is 288 Å². The van der Waals surface area contributed by atoms with E-state index < -0.39 is 40.3 Å². The Morgan fingerprint density at radius 1 is 0.361 bits per heavy atom. The lowest BCUT2D eigenvalue weighted by atomic mass is 9.71. The van der Waals surface area contributed by atoms with Gasteiger partial charge in [0.05, 0.1) is 11.2 Å². The van der Waals surface area contributed by atoms with Gasteiger partial charge in [-0.2, -0.15) is 0 Å². The summed E-state index contributed by atoms with van der Waals surface area (Å²) in [5.74, 6) is -2.19. The normalized spacial score (nSPS) is 14.1. The average molecular weight is 1090 g/mol. The summed E-state index contributed by atoms with van der Waals surface area (Å²) in [7, 11) is 0. The molecule has 0 aliphatic heterocycles. The summed E-state index contributed by atoms with van der Waals surface area (Å²) in [6.07, 6.45) is 1.94. The van der Waals surface area contributed by atoms with E-state index in [4.69, 9.17) is 0 Å². The van der Waals surface area contributed by atoms with Crippen molar-refractivity contribution < 1.29 is 19.8 Å². The first-order chi connectivity index (χ1) is 40.5. The van der Waals surface area contributed by atoms with Crippen molar-refractivity contribution in [2.45, 2.75) is 75.4 Å². The fourth-order valence-electron chi connectivity index (χ4n) is 13.6. The Kier molecular flexibility index (Phi) is 15.5. The van der Waals surface area contributed by atoms with Gasteiger partial charge in [0.15, 0.2) is 0 Å². The second kappa shape index (κ2) is 23.5. The van der Waals surface area contributed by atoms with E-state index in [1.54, 1.807) is 0 Å².